The molecule has 0 spiro atoms. The molecule has 0 saturated heterocycles. The molecule has 0 radical (unpaired) electrons. The summed E-state index contributed by atoms with van der Waals surface area (Å²) in [5, 5.41) is 6.84. The quantitative estimate of drug-likeness (QED) is 0.845. The van der Waals surface area contributed by atoms with E-state index in [2.05, 4.69) is 29.0 Å². The number of aromatic nitrogens is 3. The molecule has 1 aromatic heterocycles. The summed E-state index contributed by atoms with van der Waals surface area (Å²) in [5.41, 5.74) is 0. The number of H-pyrrole nitrogens is 1. The monoisotopic (exact) mass is 252 g/mol. The highest BCUT2D eigenvalue weighted by Gasteiger charge is 2.20. The Bertz CT molecular complexity index is 386. The van der Waals surface area contributed by atoms with Crippen LogP contribution >= 0.6 is 0 Å². The zero-order chi connectivity index (χ0) is 13.7. The van der Waals surface area contributed by atoms with Crippen LogP contribution in [0.25, 0.3) is 0 Å². The number of hydrogen-bond donors (Lipinski definition) is 1. The Hall–Kier alpha value is -1.39. The van der Waals surface area contributed by atoms with E-state index in [1.54, 1.807) is 4.90 Å². The van der Waals surface area contributed by atoms with Gasteiger partial charge in [-0.3, -0.25) is 9.89 Å². The molecular formula is C13H24N4O. The van der Waals surface area contributed by atoms with E-state index in [0.29, 0.717) is 12.5 Å². The number of carbonyl (C=O) groups is 1. The van der Waals surface area contributed by atoms with E-state index in [9.17, 15) is 4.79 Å². The zero-order valence-electron chi connectivity index (χ0n) is 12.0. The van der Waals surface area contributed by atoms with Gasteiger partial charge >= 0.3 is 0 Å². The second kappa shape index (κ2) is 6.52. The van der Waals surface area contributed by atoms with Crippen molar-refractivity contribution in [1.82, 2.24) is 20.1 Å². The van der Waals surface area contributed by atoms with Gasteiger partial charge in [0.25, 0.3) is 5.91 Å². The largest absolute Gasteiger partial charge is 0.336 e. The van der Waals surface area contributed by atoms with Crippen LogP contribution in [0.15, 0.2) is 0 Å². The van der Waals surface area contributed by atoms with Crippen LogP contribution in [0.5, 0.6) is 0 Å². The van der Waals surface area contributed by atoms with Crippen molar-refractivity contribution in [2.75, 3.05) is 13.1 Å². The number of amides is 1. The van der Waals surface area contributed by atoms with Gasteiger partial charge in [-0.2, -0.15) is 0 Å². The van der Waals surface area contributed by atoms with Crippen LogP contribution in [-0.4, -0.2) is 39.1 Å². The van der Waals surface area contributed by atoms with Gasteiger partial charge in [-0.25, -0.2) is 4.98 Å². The maximum Gasteiger partial charge on any atom is 0.293 e. The average Bonchev–Trinajstić information content (AvgIpc) is 2.84. The van der Waals surface area contributed by atoms with Crippen LogP contribution in [-0.2, 0) is 0 Å². The van der Waals surface area contributed by atoms with Crippen molar-refractivity contribution in [3.63, 3.8) is 0 Å². The Kier molecular flexibility index (Phi) is 5.31. The van der Waals surface area contributed by atoms with Gasteiger partial charge < -0.3 is 4.90 Å². The Balaban J connectivity index is 2.76. The molecule has 1 amide bonds. The zero-order valence-corrected chi connectivity index (χ0v) is 12.0. The lowest BCUT2D eigenvalue weighted by atomic mass is 10.1. The summed E-state index contributed by atoms with van der Waals surface area (Å²) in [4.78, 5) is 18.3. The topological polar surface area (TPSA) is 61.9 Å². The predicted molar refractivity (Wildman–Crippen MR) is 71.5 cm³/mol. The fourth-order valence-electron chi connectivity index (χ4n) is 1.63. The third-order valence-corrected chi connectivity index (χ3v) is 3.14. The normalized spacial score (nSPS) is 12.8. The van der Waals surface area contributed by atoms with E-state index in [0.717, 1.165) is 18.8 Å². The fraction of sp³-hybridized carbons (Fsp3) is 0.769. The molecule has 0 aliphatic heterocycles. The second-order valence-corrected chi connectivity index (χ2v) is 5.06. The first-order chi connectivity index (χ1) is 8.49. The predicted octanol–water partition coefficient (Wildman–Crippen LogP) is 2.44. The molecule has 1 heterocycles. The third-order valence-electron chi connectivity index (χ3n) is 3.14. The van der Waals surface area contributed by atoms with Crippen molar-refractivity contribution < 1.29 is 4.79 Å². The molecule has 0 bridgehead atoms. The number of nitrogens with one attached hydrogen (secondary N) is 1. The smallest absolute Gasteiger partial charge is 0.293 e. The molecular weight excluding hydrogens is 228 g/mol. The molecule has 1 rings (SSSR count). The summed E-state index contributed by atoms with van der Waals surface area (Å²) in [5.74, 6) is 1.71. The maximum atomic E-state index is 12.2. The summed E-state index contributed by atoms with van der Waals surface area (Å²) >= 11 is 0. The van der Waals surface area contributed by atoms with Gasteiger partial charge in [0.15, 0.2) is 0 Å². The molecule has 18 heavy (non-hydrogen) atoms. The lowest BCUT2D eigenvalue weighted by molar-refractivity contribution is 0.0729. The van der Waals surface area contributed by atoms with Gasteiger partial charge in [0.05, 0.1) is 0 Å². The van der Waals surface area contributed by atoms with Crippen LogP contribution in [0.4, 0.5) is 0 Å². The van der Waals surface area contributed by atoms with Crippen molar-refractivity contribution in [1.29, 1.82) is 0 Å². The standard InChI is InChI=1S/C13H24N4O/c1-6-10(5)8-17(7-2)13(18)12-14-11(9(3)4)15-16-12/h9-10H,6-8H2,1-5H3,(H,14,15,16). The summed E-state index contributed by atoms with van der Waals surface area (Å²) in [6, 6.07) is 0. The van der Waals surface area contributed by atoms with Crippen LogP contribution in [0.2, 0.25) is 0 Å². The van der Waals surface area contributed by atoms with Crippen LogP contribution in [0, 0.1) is 5.92 Å². The van der Waals surface area contributed by atoms with E-state index in [4.69, 9.17) is 0 Å². The number of carbonyl (C=O) groups excluding carboxylic acids is 1. The minimum absolute atomic E-state index is 0.0825. The molecule has 5 nitrogen and oxygen atoms in total. The summed E-state index contributed by atoms with van der Waals surface area (Å²) in [6.45, 7) is 11.7. The molecule has 0 saturated carbocycles. The van der Waals surface area contributed by atoms with Gasteiger partial charge in [-0.05, 0) is 12.8 Å². The summed E-state index contributed by atoms with van der Waals surface area (Å²) in [6.07, 6.45) is 1.06. The van der Waals surface area contributed by atoms with Crippen LogP contribution in [0.3, 0.4) is 0 Å². The van der Waals surface area contributed by atoms with Gasteiger partial charge in [0, 0.05) is 19.0 Å². The molecule has 0 aliphatic carbocycles. The van der Waals surface area contributed by atoms with Gasteiger partial charge in [-0.15, -0.1) is 5.10 Å². The highest BCUT2D eigenvalue weighted by atomic mass is 16.2. The van der Waals surface area contributed by atoms with E-state index in [1.807, 2.05) is 20.8 Å². The molecule has 1 N–H and O–H groups in total. The third kappa shape index (κ3) is 3.55. The molecule has 0 aliphatic rings. The van der Waals surface area contributed by atoms with Crippen molar-refractivity contribution in [2.24, 2.45) is 5.92 Å². The molecule has 1 unspecified atom stereocenters. The molecule has 1 atom stereocenters. The number of rotatable bonds is 6. The second-order valence-electron chi connectivity index (χ2n) is 5.06. The van der Waals surface area contributed by atoms with Crippen molar-refractivity contribution >= 4 is 5.91 Å². The minimum Gasteiger partial charge on any atom is -0.336 e. The van der Waals surface area contributed by atoms with E-state index in [-0.39, 0.29) is 17.6 Å². The Labute approximate surface area is 109 Å². The summed E-state index contributed by atoms with van der Waals surface area (Å²) in [7, 11) is 0. The van der Waals surface area contributed by atoms with Crippen LogP contribution in [0.1, 0.15) is 63.4 Å². The molecule has 0 fully saturated rings. The number of aromatic amines is 1. The lowest BCUT2D eigenvalue weighted by Gasteiger charge is -2.22. The van der Waals surface area contributed by atoms with Crippen molar-refractivity contribution in [3.8, 4) is 0 Å². The van der Waals surface area contributed by atoms with Crippen molar-refractivity contribution in [2.45, 2.75) is 47.0 Å². The first-order valence-corrected chi connectivity index (χ1v) is 6.71. The van der Waals surface area contributed by atoms with Crippen LogP contribution < -0.4 is 0 Å². The maximum absolute atomic E-state index is 12.2. The van der Waals surface area contributed by atoms with E-state index >= 15 is 0 Å². The Morgan fingerprint density at radius 1 is 1.33 bits per heavy atom. The molecule has 1 aromatic rings. The van der Waals surface area contributed by atoms with Gasteiger partial charge in [-0.1, -0.05) is 34.1 Å². The Morgan fingerprint density at radius 3 is 2.44 bits per heavy atom. The van der Waals surface area contributed by atoms with Gasteiger partial charge in [0.2, 0.25) is 5.82 Å². The average molecular weight is 252 g/mol. The highest BCUT2D eigenvalue weighted by Crippen LogP contribution is 2.10. The molecule has 0 aromatic carbocycles. The summed E-state index contributed by atoms with van der Waals surface area (Å²) < 4.78 is 0. The SMILES string of the molecule is CCC(C)CN(CC)C(=O)c1n[nH]c(C(C)C)n1. The first-order valence-electron chi connectivity index (χ1n) is 6.71. The first kappa shape index (κ1) is 14.7. The molecule has 5 heteroatoms. The van der Waals surface area contributed by atoms with E-state index in [1.165, 1.54) is 0 Å². The minimum atomic E-state index is -0.0825. The van der Waals surface area contributed by atoms with Gasteiger partial charge in [0.1, 0.15) is 5.82 Å². The Morgan fingerprint density at radius 2 is 2.00 bits per heavy atom. The number of hydrogen-bond acceptors (Lipinski definition) is 3. The van der Waals surface area contributed by atoms with Crippen molar-refractivity contribution in [3.05, 3.63) is 11.6 Å². The highest BCUT2D eigenvalue weighted by molar-refractivity contribution is 5.90. The molecule has 102 valence electrons. The fourth-order valence-corrected chi connectivity index (χ4v) is 1.63. The van der Waals surface area contributed by atoms with E-state index < -0.39 is 0 Å². The lowest BCUT2D eigenvalue weighted by Crippen LogP contribution is -2.35. The number of nitrogens with zero attached hydrogens (tertiary/aromatic N) is 3.